The summed E-state index contributed by atoms with van der Waals surface area (Å²) < 4.78 is 5.09. The highest BCUT2D eigenvalue weighted by molar-refractivity contribution is 5.72. The first-order chi connectivity index (χ1) is 12.3. The van der Waals surface area contributed by atoms with Crippen LogP contribution in [-0.4, -0.2) is 24.3 Å². The summed E-state index contributed by atoms with van der Waals surface area (Å²) in [7, 11) is 1.53. The molecule has 0 heterocycles. The maximum absolute atomic E-state index is 12.2. The van der Waals surface area contributed by atoms with Crippen LogP contribution >= 0.6 is 0 Å². The van der Waals surface area contributed by atoms with Gasteiger partial charge in [-0.1, -0.05) is 20.8 Å². The van der Waals surface area contributed by atoms with E-state index < -0.39 is 0 Å². The van der Waals surface area contributed by atoms with Crippen molar-refractivity contribution in [2.45, 2.75) is 84.7 Å². The molecule has 0 amide bonds. The van der Waals surface area contributed by atoms with E-state index in [-0.39, 0.29) is 18.0 Å². The number of hydrogen-bond donors (Lipinski definition) is 1. The number of rotatable bonds is 2. The summed E-state index contributed by atoms with van der Waals surface area (Å²) >= 11 is 0. The third-order valence-electron chi connectivity index (χ3n) is 9.89. The first kappa shape index (κ1) is 18.8. The Kier molecular flexibility index (Phi) is 4.69. The largest absolute Gasteiger partial charge is 0.469 e. The Hall–Kier alpha value is -0.570. The van der Waals surface area contributed by atoms with Gasteiger partial charge in [0.1, 0.15) is 0 Å². The quantitative estimate of drug-likeness (QED) is 0.717. The van der Waals surface area contributed by atoms with Gasteiger partial charge in [-0.05, 0) is 98.2 Å². The molecule has 4 aliphatic carbocycles. The fourth-order valence-corrected chi connectivity index (χ4v) is 8.45. The SMILES string of the molecule is COC(=O)[C@@H](C)[C@@H]1CC[C@@H]2[C@H]3CC[C@H]4C[C@@H](O)CC[C@]4(C)[C@@H]3CC[C@]21C. The third-order valence-corrected chi connectivity index (χ3v) is 9.89. The number of hydrogen-bond acceptors (Lipinski definition) is 3. The molecule has 0 bridgehead atoms. The van der Waals surface area contributed by atoms with Crippen LogP contribution in [0.1, 0.15) is 78.6 Å². The van der Waals surface area contributed by atoms with Crippen molar-refractivity contribution in [3.63, 3.8) is 0 Å². The normalized spacial score (nSPS) is 51.7. The van der Waals surface area contributed by atoms with E-state index in [0.717, 1.165) is 36.5 Å². The summed E-state index contributed by atoms with van der Waals surface area (Å²) in [6, 6.07) is 0. The molecule has 0 unspecified atom stereocenters. The number of methoxy groups -OCH3 is 1. The van der Waals surface area contributed by atoms with Gasteiger partial charge < -0.3 is 9.84 Å². The van der Waals surface area contributed by atoms with E-state index in [9.17, 15) is 9.90 Å². The molecule has 0 saturated heterocycles. The maximum Gasteiger partial charge on any atom is 0.308 e. The zero-order valence-electron chi connectivity index (χ0n) is 17.2. The molecule has 1 N–H and O–H groups in total. The minimum absolute atomic E-state index is 0.0177. The lowest BCUT2D eigenvalue weighted by Gasteiger charge is -2.61. The first-order valence-corrected chi connectivity index (χ1v) is 11.1. The zero-order chi connectivity index (χ0) is 18.7. The number of aliphatic hydroxyl groups is 1. The Bertz CT molecular complexity index is 560. The molecule has 4 fully saturated rings. The average molecular weight is 363 g/mol. The molecule has 148 valence electrons. The predicted octanol–water partition coefficient (Wildman–Crippen LogP) is 4.82. The first-order valence-electron chi connectivity index (χ1n) is 11.1. The average Bonchev–Trinajstić information content (AvgIpc) is 2.98. The Morgan fingerprint density at radius 1 is 1.00 bits per heavy atom. The number of fused-ring (bicyclic) bond motifs is 5. The molecule has 0 aromatic carbocycles. The van der Waals surface area contributed by atoms with Gasteiger partial charge in [0.25, 0.3) is 0 Å². The van der Waals surface area contributed by atoms with Gasteiger partial charge in [-0.3, -0.25) is 4.79 Å². The Morgan fingerprint density at radius 3 is 2.42 bits per heavy atom. The van der Waals surface area contributed by atoms with Gasteiger partial charge in [-0.15, -0.1) is 0 Å². The van der Waals surface area contributed by atoms with Gasteiger partial charge in [0.15, 0.2) is 0 Å². The monoisotopic (exact) mass is 362 g/mol. The van der Waals surface area contributed by atoms with Crippen LogP contribution in [-0.2, 0) is 9.53 Å². The Morgan fingerprint density at radius 2 is 1.69 bits per heavy atom. The highest BCUT2D eigenvalue weighted by Gasteiger charge is 2.61. The highest BCUT2D eigenvalue weighted by Crippen LogP contribution is 2.68. The van der Waals surface area contributed by atoms with Crippen LogP contribution in [0.25, 0.3) is 0 Å². The second-order valence-electron chi connectivity index (χ2n) is 10.6. The minimum Gasteiger partial charge on any atom is -0.469 e. The van der Waals surface area contributed by atoms with E-state index in [1.165, 1.54) is 52.1 Å². The van der Waals surface area contributed by atoms with E-state index in [2.05, 4.69) is 20.8 Å². The number of esters is 1. The summed E-state index contributed by atoms with van der Waals surface area (Å²) in [4.78, 5) is 12.2. The van der Waals surface area contributed by atoms with E-state index >= 15 is 0 Å². The lowest BCUT2D eigenvalue weighted by Crippen LogP contribution is -2.54. The van der Waals surface area contributed by atoms with Crippen molar-refractivity contribution in [3.05, 3.63) is 0 Å². The fraction of sp³-hybridized carbons (Fsp3) is 0.957. The van der Waals surface area contributed by atoms with E-state index in [1.54, 1.807) is 0 Å². The van der Waals surface area contributed by atoms with E-state index in [0.29, 0.717) is 16.7 Å². The van der Waals surface area contributed by atoms with Crippen LogP contribution in [0, 0.1) is 46.3 Å². The molecule has 4 rings (SSSR count). The number of carbonyl (C=O) groups excluding carboxylic acids is 1. The summed E-state index contributed by atoms with van der Waals surface area (Å²) in [5.74, 6) is 3.67. The van der Waals surface area contributed by atoms with Crippen LogP contribution in [0.3, 0.4) is 0 Å². The van der Waals surface area contributed by atoms with Crippen molar-refractivity contribution >= 4 is 5.97 Å². The summed E-state index contributed by atoms with van der Waals surface area (Å²) in [5.41, 5.74) is 0.752. The molecule has 4 aliphatic rings. The third kappa shape index (κ3) is 2.59. The molecule has 26 heavy (non-hydrogen) atoms. The second kappa shape index (κ2) is 6.50. The minimum atomic E-state index is -0.0600. The van der Waals surface area contributed by atoms with E-state index in [1.807, 2.05) is 0 Å². The molecule has 9 atom stereocenters. The van der Waals surface area contributed by atoms with Gasteiger partial charge in [-0.2, -0.15) is 0 Å². The number of ether oxygens (including phenoxy) is 1. The van der Waals surface area contributed by atoms with Gasteiger partial charge in [0.2, 0.25) is 0 Å². The van der Waals surface area contributed by atoms with Crippen molar-refractivity contribution in [1.29, 1.82) is 0 Å². The highest BCUT2D eigenvalue weighted by atomic mass is 16.5. The molecular formula is C23H38O3. The molecule has 0 aromatic rings. The second-order valence-corrected chi connectivity index (χ2v) is 10.6. The lowest BCUT2D eigenvalue weighted by molar-refractivity contribution is -0.153. The Balaban J connectivity index is 1.57. The maximum atomic E-state index is 12.2. The Labute approximate surface area is 159 Å². The molecule has 3 nitrogen and oxygen atoms in total. The lowest BCUT2D eigenvalue weighted by atomic mass is 9.44. The van der Waals surface area contributed by atoms with Gasteiger partial charge in [0, 0.05) is 0 Å². The molecule has 0 spiro atoms. The molecule has 0 aliphatic heterocycles. The van der Waals surface area contributed by atoms with Gasteiger partial charge in [0.05, 0.1) is 19.1 Å². The molecule has 4 saturated carbocycles. The van der Waals surface area contributed by atoms with Crippen molar-refractivity contribution in [1.82, 2.24) is 0 Å². The molecule has 3 heteroatoms. The van der Waals surface area contributed by atoms with Crippen molar-refractivity contribution in [2.75, 3.05) is 7.11 Å². The molecular weight excluding hydrogens is 324 g/mol. The van der Waals surface area contributed by atoms with Gasteiger partial charge >= 0.3 is 5.97 Å². The van der Waals surface area contributed by atoms with Crippen molar-refractivity contribution in [2.24, 2.45) is 46.3 Å². The van der Waals surface area contributed by atoms with Crippen LogP contribution in [0.15, 0.2) is 0 Å². The smallest absolute Gasteiger partial charge is 0.308 e. The van der Waals surface area contributed by atoms with Crippen LogP contribution in [0.5, 0.6) is 0 Å². The summed E-state index contributed by atoms with van der Waals surface area (Å²) in [6.07, 6.45) is 10.9. The molecule has 0 aromatic heterocycles. The van der Waals surface area contributed by atoms with Crippen molar-refractivity contribution in [3.8, 4) is 0 Å². The predicted molar refractivity (Wildman–Crippen MR) is 102 cm³/mol. The summed E-state index contributed by atoms with van der Waals surface area (Å²) in [6.45, 7) is 7.13. The van der Waals surface area contributed by atoms with E-state index in [4.69, 9.17) is 4.74 Å². The van der Waals surface area contributed by atoms with Crippen LogP contribution < -0.4 is 0 Å². The van der Waals surface area contributed by atoms with Crippen LogP contribution in [0.4, 0.5) is 0 Å². The standard InChI is InChI=1S/C23H38O3/c1-14(21(25)26-4)18-7-8-19-17-6-5-15-13-16(24)9-11-22(15,2)20(17)10-12-23(18,19)3/h14-20,24H,5-13H2,1-4H3/t14-,15-,16-,17+,18-,19+,20+,22-,23-/m0/s1. The number of aliphatic hydroxyl groups excluding tert-OH is 1. The molecule has 0 radical (unpaired) electrons. The zero-order valence-corrected chi connectivity index (χ0v) is 17.2. The number of carbonyl (C=O) groups is 1. The fourth-order valence-electron chi connectivity index (χ4n) is 8.45. The van der Waals surface area contributed by atoms with Crippen LogP contribution in [0.2, 0.25) is 0 Å². The van der Waals surface area contributed by atoms with Gasteiger partial charge in [-0.25, -0.2) is 0 Å². The summed E-state index contributed by atoms with van der Waals surface area (Å²) in [5, 5.41) is 10.2. The van der Waals surface area contributed by atoms with Crippen molar-refractivity contribution < 1.29 is 14.6 Å². The topological polar surface area (TPSA) is 46.5 Å².